The number of nitrogens with one attached hydrogen (secondary N) is 1. The molecule has 1 aromatic carbocycles. The molecule has 1 aliphatic carbocycles. The van der Waals surface area contributed by atoms with Crippen molar-refractivity contribution in [2.75, 3.05) is 32.4 Å². The molecule has 4 rings (SSSR count). The number of rotatable bonds is 10. The molecular weight excluding hydrogens is 512 g/mol. The number of anilines is 1. The number of allylic oxidation sites excluding steroid dienone is 1. The number of hydrogen-bond donors (Lipinski definition) is 1. The molecule has 0 aliphatic heterocycles. The zero-order valence-corrected chi connectivity index (χ0v) is 23.0. The van der Waals surface area contributed by atoms with Crippen molar-refractivity contribution >= 4 is 40.0 Å². The lowest BCUT2D eigenvalue weighted by molar-refractivity contribution is -0.113. The van der Waals surface area contributed by atoms with Gasteiger partial charge in [-0.05, 0) is 48.9 Å². The Bertz CT molecular complexity index is 1320. The van der Waals surface area contributed by atoms with Crippen LogP contribution in [-0.4, -0.2) is 53.7 Å². The van der Waals surface area contributed by atoms with Gasteiger partial charge in [0.1, 0.15) is 5.00 Å². The van der Waals surface area contributed by atoms with E-state index in [-0.39, 0.29) is 11.7 Å². The van der Waals surface area contributed by atoms with Crippen molar-refractivity contribution in [3.63, 3.8) is 0 Å². The van der Waals surface area contributed by atoms with E-state index < -0.39 is 5.97 Å². The fraction of sp³-hybridized carbons (Fsp3) is 0.385. The van der Waals surface area contributed by atoms with E-state index in [4.69, 9.17) is 14.2 Å². The quantitative estimate of drug-likeness (QED) is 0.220. The van der Waals surface area contributed by atoms with E-state index in [0.717, 1.165) is 35.3 Å². The number of thioether (sulfide) groups is 1. The number of fused-ring (bicyclic) bond motifs is 1. The number of benzene rings is 1. The van der Waals surface area contributed by atoms with Crippen LogP contribution in [0, 0.1) is 5.92 Å². The number of methoxy groups -OCH3 is 3. The van der Waals surface area contributed by atoms with Gasteiger partial charge in [-0.2, -0.15) is 0 Å². The molecular formula is C26H30N4O5S2. The third kappa shape index (κ3) is 5.67. The van der Waals surface area contributed by atoms with Crippen molar-refractivity contribution in [3.8, 4) is 22.9 Å². The summed E-state index contributed by atoms with van der Waals surface area (Å²) < 4.78 is 17.7. The number of aromatic nitrogens is 3. The van der Waals surface area contributed by atoms with Crippen molar-refractivity contribution in [2.24, 2.45) is 5.92 Å². The van der Waals surface area contributed by atoms with E-state index in [9.17, 15) is 9.59 Å². The maximum absolute atomic E-state index is 12.9. The number of ether oxygens (including phenoxy) is 3. The lowest BCUT2D eigenvalue weighted by Crippen LogP contribution is -2.17. The monoisotopic (exact) mass is 542 g/mol. The van der Waals surface area contributed by atoms with Gasteiger partial charge in [0.25, 0.3) is 0 Å². The fourth-order valence-corrected chi connectivity index (χ4v) is 6.49. The first kappa shape index (κ1) is 26.7. The summed E-state index contributed by atoms with van der Waals surface area (Å²) in [4.78, 5) is 26.6. The van der Waals surface area contributed by atoms with Crippen molar-refractivity contribution in [1.82, 2.24) is 14.8 Å². The number of carbonyl (C=O) groups is 2. The van der Waals surface area contributed by atoms with Crippen LogP contribution in [0.3, 0.4) is 0 Å². The summed E-state index contributed by atoms with van der Waals surface area (Å²) in [7, 11) is 4.52. The summed E-state index contributed by atoms with van der Waals surface area (Å²) in [5, 5.41) is 12.7. The summed E-state index contributed by atoms with van der Waals surface area (Å²) in [6.07, 6.45) is 4.47. The van der Waals surface area contributed by atoms with Gasteiger partial charge in [-0.15, -0.1) is 28.1 Å². The average Bonchev–Trinajstić information content (AvgIpc) is 3.46. The second-order valence-electron chi connectivity index (χ2n) is 8.66. The molecule has 2 aromatic heterocycles. The van der Waals surface area contributed by atoms with Crippen LogP contribution in [-0.2, 0) is 28.9 Å². The summed E-state index contributed by atoms with van der Waals surface area (Å²) >= 11 is 2.73. The Morgan fingerprint density at radius 3 is 2.73 bits per heavy atom. The van der Waals surface area contributed by atoms with E-state index in [1.165, 1.54) is 30.2 Å². The number of esters is 1. The minimum Gasteiger partial charge on any atom is -0.493 e. The molecule has 37 heavy (non-hydrogen) atoms. The normalized spacial score (nSPS) is 14.5. The lowest BCUT2D eigenvalue weighted by atomic mass is 9.88. The summed E-state index contributed by atoms with van der Waals surface area (Å²) in [5.74, 6) is 1.81. The van der Waals surface area contributed by atoms with Gasteiger partial charge < -0.3 is 19.5 Å². The molecule has 1 atom stereocenters. The molecule has 2 heterocycles. The summed E-state index contributed by atoms with van der Waals surface area (Å²) in [5.41, 5.74) is 2.28. The number of hydrogen-bond acceptors (Lipinski definition) is 9. The Morgan fingerprint density at radius 2 is 2.03 bits per heavy atom. The minimum absolute atomic E-state index is 0.0980. The predicted octanol–water partition coefficient (Wildman–Crippen LogP) is 4.85. The first-order valence-corrected chi connectivity index (χ1v) is 13.6. The van der Waals surface area contributed by atoms with E-state index >= 15 is 0 Å². The average molecular weight is 543 g/mol. The third-order valence-electron chi connectivity index (χ3n) is 6.16. The number of thiophene rings is 1. The molecule has 1 amide bonds. The highest BCUT2D eigenvalue weighted by Gasteiger charge is 2.29. The zero-order valence-electron chi connectivity index (χ0n) is 21.3. The van der Waals surface area contributed by atoms with Gasteiger partial charge in [0.15, 0.2) is 22.5 Å². The van der Waals surface area contributed by atoms with Gasteiger partial charge in [0.05, 0.1) is 32.6 Å². The van der Waals surface area contributed by atoms with E-state index in [0.29, 0.717) is 45.5 Å². The first-order valence-electron chi connectivity index (χ1n) is 11.8. The van der Waals surface area contributed by atoms with Gasteiger partial charge in [0.2, 0.25) is 5.91 Å². The number of carbonyl (C=O) groups excluding carboxylic acids is 2. The molecule has 1 aliphatic rings. The van der Waals surface area contributed by atoms with Gasteiger partial charge in [-0.25, -0.2) is 4.79 Å². The topological polar surface area (TPSA) is 105 Å². The van der Waals surface area contributed by atoms with Gasteiger partial charge in [0, 0.05) is 17.0 Å². The lowest BCUT2D eigenvalue weighted by Gasteiger charge is -2.18. The summed E-state index contributed by atoms with van der Waals surface area (Å²) in [6.45, 7) is 6.50. The van der Waals surface area contributed by atoms with Crippen LogP contribution in [0.15, 0.2) is 36.0 Å². The molecule has 1 unspecified atom stereocenters. The van der Waals surface area contributed by atoms with E-state index in [2.05, 4.69) is 29.0 Å². The largest absolute Gasteiger partial charge is 0.493 e. The van der Waals surface area contributed by atoms with Gasteiger partial charge in [-0.1, -0.05) is 24.8 Å². The highest BCUT2D eigenvalue weighted by molar-refractivity contribution is 7.99. The third-order valence-corrected chi connectivity index (χ3v) is 8.29. The number of nitrogens with zero attached hydrogens (tertiary/aromatic N) is 3. The maximum Gasteiger partial charge on any atom is 0.341 e. The van der Waals surface area contributed by atoms with Crippen LogP contribution >= 0.6 is 23.1 Å². The van der Waals surface area contributed by atoms with Gasteiger partial charge in [-0.3, -0.25) is 9.36 Å². The molecule has 0 saturated carbocycles. The van der Waals surface area contributed by atoms with Crippen molar-refractivity contribution in [3.05, 3.63) is 46.9 Å². The highest BCUT2D eigenvalue weighted by atomic mass is 32.2. The van der Waals surface area contributed by atoms with Crippen molar-refractivity contribution < 1.29 is 23.8 Å². The summed E-state index contributed by atoms with van der Waals surface area (Å²) in [6, 6.07) is 5.51. The SMILES string of the molecule is C=CCn1c(SCC(=O)Nc2sc3c(c2C(=O)OC)CCC(C)C3)nnc1-c1ccc(OC)c(OC)c1. The van der Waals surface area contributed by atoms with Gasteiger partial charge >= 0.3 is 5.97 Å². The highest BCUT2D eigenvalue weighted by Crippen LogP contribution is 2.40. The number of amides is 1. The molecule has 1 N–H and O–H groups in total. The molecule has 0 radical (unpaired) electrons. The van der Waals surface area contributed by atoms with E-state index in [1.807, 2.05) is 22.8 Å². The second kappa shape index (κ2) is 11.8. The Balaban J connectivity index is 1.52. The Labute approximate surface area is 224 Å². The Hall–Kier alpha value is -3.31. The smallest absolute Gasteiger partial charge is 0.341 e. The predicted molar refractivity (Wildman–Crippen MR) is 145 cm³/mol. The van der Waals surface area contributed by atoms with Crippen LogP contribution in [0.2, 0.25) is 0 Å². The first-order chi connectivity index (χ1) is 17.9. The maximum atomic E-state index is 12.9. The minimum atomic E-state index is -0.416. The molecule has 9 nitrogen and oxygen atoms in total. The Kier molecular flexibility index (Phi) is 8.55. The molecule has 0 saturated heterocycles. The standard InChI is InChI=1S/C26H30N4O5S2/c1-6-11-30-23(16-8-10-18(33-3)19(13-16)34-4)28-29-26(30)36-14-21(31)27-24-22(25(32)35-5)17-9-7-15(2)12-20(17)37-24/h6,8,10,13,15H,1,7,9,11-12,14H2,2-5H3,(H,27,31). The van der Waals surface area contributed by atoms with Crippen LogP contribution in [0.1, 0.15) is 34.1 Å². The Morgan fingerprint density at radius 1 is 1.24 bits per heavy atom. The van der Waals surface area contributed by atoms with E-state index in [1.54, 1.807) is 20.3 Å². The molecule has 196 valence electrons. The molecule has 11 heteroatoms. The second-order valence-corrected chi connectivity index (χ2v) is 10.7. The van der Waals surface area contributed by atoms with Crippen LogP contribution in [0.4, 0.5) is 5.00 Å². The molecule has 0 bridgehead atoms. The van der Waals surface area contributed by atoms with Crippen molar-refractivity contribution in [1.29, 1.82) is 0 Å². The van der Waals surface area contributed by atoms with Crippen LogP contribution < -0.4 is 14.8 Å². The van der Waals surface area contributed by atoms with Crippen molar-refractivity contribution in [2.45, 2.75) is 37.9 Å². The molecule has 0 fully saturated rings. The molecule has 0 spiro atoms. The van der Waals surface area contributed by atoms with Crippen LogP contribution in [0.25, 0.3) is 11.4 Å². The zero-order chi connectivity index (χ0) is 26.5. The molecule has 3 aromatic rings. The van der Waals surface area contributed by atoms with Crippen LogP contribution in [0.5, 0.6) is 11.5 Å². The fourth-order valence-electron chi connectivity index (χ4n) is 4.33.